The monoisotopic (exact) mass is 241 g/mol. The normalized spacial score (nSPS) is 11.1. The van der Waals surface area contributed by atoms with Gasteiger partial charge in [-0.2, -0.15) is 26.3 Å². The molecule has 0 atom stereocenters. The predicted molar refractivity (Wildman–Crippen MR) is 41.4 cm³/mol. The molecule has 0 spiro atoms. The topological polar surface area (TPSA) is 52.0 Å². The maximum Gasteiger partial charge on any atom is 0.455 e. The van der Waals surface area contributed by atoms with E-state index < -0.39 is 34.9 Å². The summed E-state index contributed by atoms with van der Waals surface area (Å²) in [6.07, 6.45) is 0. The van der Waals surface area contributed by atoms with E-state index in [4.69, 9.17) is 0 Å². The van der Waals surface area contributed by atoms with E-state index in [1.165, 1.54) is 0 Å². The molecule has 0 rings (SSSR count). The Bertz CT molecular complexity index is 100. The summed E-state index contributed by atoms with van der Waals surface area (Å²) in [6.45, 7) is 0. The number of halogens is 6. The summed E-state index contributed by atoms with van der Waals surface area (Å²) in [6, 6.07) is 0. The Morgan fingerprint density at radius 1 is 0.692 bits per heavy atom. The fourth-order valence-electron chi connectivity index (χ4n) is 0. The van der Waals surface area contributed by atoms with E-state index in [9.17, 15) is 26.3 Å². The molecule has 0 aromatic carbocycles. The zero-order chi connectivity index (χ0) is 10.4. The van der Waals surface area contributed by atoms with E-state index in [1.807, 2.05) is 0 Å². The van der Waals surface area contributed by atoms with E-state index in [0.717, 1.165) is 0 Å². The van der Waals surface area contributed by atoms with Crippen molar-refractivity contribution < 1.29 is 26.3 Å². The molecule has 0 aliphatic heterocycles. The van der Waals surface area contributed by atoms with Crippen LogP contribution in [0.2, 0.25) is 0 Å². The summed E-state index contributed by atoms with van der Waals surface area (Å²) in [7, 11) is 0. The maximum absolute atomic E-state index is 10.6. The van der Waals surface area contributed by atoms with E-state index >= 15 is 0 Å². The van der Waals surface area contributed by atoms with Crippen molar-refractivity contribution in [1.29, 1.82) is 0 Å². The van der Waals surface area contributed by atoms with Crippen LogP contribution in [0.5, 0.6) is 0 Å². The van der Waals surface area contributed by atoms with E-state index in [0.29, 0.717) is 0 Å². The van der Waals surface area contributed by atoms with Crippen molar-refractivity contribution in [3.63, 3.8) is 0 Å². The molecule has 0 fully saturated rings. The van der Waals surface area contributed by atoms with Crippen LogP contribution in [0.15, 0.2) is 0 Å². The second kappa shape index (κ2) is 8.13. The van der Waals surface area contributed by atoms with Gasteiger partial charge >= 0.3 is 11.0 Å². The minimum absolute atomic E-state index is 0. The molecule has 0 bridgehead atoms. The Morgan fingerprint density at radius 2 is 0.769 bits per heavy atom. The molecule has 0 heterocycles. The first kappa shape index (κ1) is 19.4. The molecular weight excluding hydrogens is 237 g/mol. The summed E-state index contributed by atoms with van der Waals surface area (Å²) in [5, 5.41) is 8.19. The Morgan fingerprint density at radius 3 is 0.769 bits per heavy atom. The molecular formula is C2H4F6LiN2S2. The molecule has 0 aromatic heterocycles. The first-order chi connectivity index (χ1) is 5.12. The van der Waals surface area contributed by atoms with Gasteiger partial charge in [0.2, 0.25) is 0 Å². The molecule has 4 N–H and O–H groups in total. The number of rotatable bonds is 0. The average Bonchev–Trinajstić information content (AvgIpc) is 1.86. The van der Waals surface area contributed by atoms with Crippen LogP contribution in [0.4, 0.5) is 26.3 Å². The summed E-state index contributed by atoms with van der Waals surface area (Å²) in [5.41, 5.74) is -8.53. The van der Waals surface area contributed by atoms with E-state index in [1.54, 1.807) is 0 Å². The second-order valence-corrected chi connectivity index (χ2v) is 2.52. The SMILES string of the molecule is NSC(F)(F)F.NSC(F)(F)F.[Li]. The predicted octanol–water partition coefficient (Wildman–Crippen LogP) is 1.85. The summed E-state index contributed by atoms with van der Waals surface area (Å²) >= 11 is -1.24. The van der Waals surface area contributed by atoms with Crippen molar-refractivity contribution in [2.45, 2.75) is 11.0 Å². The molecule has 0 unspecified atom stereocenters. The molecule has 0 aromatic rings. The zero-order valence-electron chi connectivity index (χ0n) is 6.24. The molecule has 77 valence electrons. The third kappa shape index (κ3) is 32.3. The van der Waals surface area contributed by atoms with Crippen LogP contribution in [-0.2, 0) is 0 Å². The number of nitrogens with two attached hydrogens (primary N) is 2. The van der Waals surface area contributed by atoms with E-state index in [2.05, 4.69) is 10.3 Å². The van der Waals surface area contributed by atoms with Gasteiger partial charge in [0.1, 0.15) is 0 Å². The van der Waals surface area contributed by atoms with Crippen LogP contribution in [0, 0.1) is 0 Å². The van der Waals surface area contributed by atoms with Gasteiger partial charge in [-0.1, -0.05) is 0 Å². The van der Waals surface area contributed by atoms with Gasteiger partial charge in [0, 0.05) is 42.8 Å². The standard InChI is InChI=1S/2CH2F3NS.Li/c2*2-1(3,4)6-5;/h2*5H2;. The Balaban J connectivity index is -0.000000143. The third-order valence-corrected chi connectivity index (χ3v) is 0.802. The van der Waals surface area contributed by atoms with Crippen LogP contribution < -0.4 is 10.3 Å². The van der Waals surface area contributed by atoms with Gasteiger partial charge in [-0.3, -0.25) is 10.3 Å². The quantitative estimate of drug-likeness (QED) is 0.386. The van der Waals surface area contributed by atoms with Crippen molar-refractivity contribution in [3.05, 3.63) is 0 Å². The van der Waals surface area contributed by atoms with Crippen molar-refractivity contribution in [1.82, 2.24) is 0 Å². The van der Waals surface area contributed by atoms with Crippen LogP contribution >= 0.6 is 23.9 Å². The van der Waals surface area contributed by atoms with Gasteiger partial charge in [-0.25, -0.2) is 0 Å². The van der Waals surface area contributed by atoms with E-state index in [-0.39, 0.29) is 18.9 Å². The van der Waals surface area contributed by atoms with Crippen LogP contribution in [0.25, 0.3) is 0 Å². The van der Waals surface area contributed by atoms with Crippen LogP contribution in [0.1, 0.15) is 0 Å². The van der Waals surface area contributed by atoms with Gasteiger partial charge in [0.05, 0.1) is 0 Å². The molecule has 0 aliphatic rings. The summed E-state index contributed by atoms with van der Waals surface area (Å²) in [4.78, 5) is 0. The third-order valence-electron chi connectivity index (χ3n) is 0.267. The molecule has 1 radical (unpaired) electrons. The van der Waals surface area contributed by atoms with Gasteiger partial charge < -0.3 is 0 Å². The molecule has 0 aliphatic carbocycles. The van der Waals surface area contributed by atoms with Crippen molar-refractivity contribution in [2.24, 2.45) is 10.3 Å². The Labute approximate surface area is 90.6 Å². The smallest absolute Gasteiger partial charge is 0.270 e. The van der Waals surface area contributed by atoms with Gasteiger partial charge in [0.25, 0.3) is 0 Å². The molecule has 13 heavy (non-hydrogen) atoms. The average molecular weight is 241 g/mol. The first-order valence-corrected chi connectivity index (χ1v) is 3.77. The van der Waals surface area contributed by atoms with Crippen LogP contribution in [-0.4, -0.2) is 29.9 Å². The minimum atomic E-state index is -4.26. The minimum Gasteiger partial charge on any atom is -0.270 e. The number of alkyl halides is 6. The largest absolute Gasteiger partial charge is 0.455 e. The van der Waals surface area contributed by atoms with Gasteiger partial charge in [-0.05, 0) is 0 Å². The first-order valence-electron chi connectivity index (χ1n) is 2.01. The summed E-state index contributed by atoms with van der Waals surface area (Å²) < 4.78 is 63.7. The zero-order valence-corrected chi connectivity index (χ0v) is 7.87. The van der Waals surface area contributed by atoms with Gasteiger partial charge in [0.15, 0.2) is 0 Å². The number of hydrogen-bond donors (Lipinski definition) is 2. The molecule has 2 nitrogen and oxygen atoms in total. The maximum atomic E-state index is 10.6. The van der Waals surface area contributed by atoms with Crippen molar-refractivity contribution in [2.75, 3.05) is 0 Å². The molecule has 0 saturated heterocycles. The summed E-state index contributed by atoms with van der Waals surface area (Å²) in [5.74, 6) is 0. The van der Waals surface area contributed by atoms with Gasteiger partial charge in [-0.15, -0.1) is 0 Å². The second-order valence-electron chi connectivity index (χ2n) is 1.13. The van der Waals surface area contributed by atoms with Crippen LogP contribution in [0.3, 0.4) is 0 Å². The van der Waals surface area contributed by atoms with Crippen molar-refractivity contribution >= 4 is 42.8 Å². The molecule has 11 heteroatoms. The number of hydrogen-bond acceptors (Lipinski definition) is 4. The fourth-order valence-corrected chi connectivity index (χ4v) is 0. The van der Waals surface area contributed by atoms with Crippen molar-refractivity contribution in [3.8, 4) is 0 Å². The molecule has 0 saturated carbocycles. The Kier molecular flexibility index (Phi) is 12.1. The fraction of sp³-hybridized carbons (Fsp3) is 1.00. The molecule has 0 amide bonds. The Hall–Kier alpha value is 0.797.